The summed E-state index contributed by atoms with van der Waals surface area (Å²) in [5, 5.41) is 1.59. The topological polar surface area (TPSA) is 75.5 Å². The Morgan fingerprint density at radius 2 is 1.83 bits per heavy atom. The summed E-state index contributed by atoms with van der Waals surface area (Å²) in [5.41, 5.74) is 0.0782. The molecule has 2 aliphatic heterocycles. The van der Waals surface area contributed by atoms with E-state index in [-0.39, 0.29) is 5.78 Å². The predicted octanol–water partition coefficient (Wildman–Crippen LogP) is 4.43. The molecular formula is C21H19Cl2N3O4. The van der Waals surface area contributed by atoms with Gasteiger partial charge in [-0.1, -0.05) is 23.2 Å². The summed E-state index contributed by atoms with van der Waals surface area (Å²) in [6.07, 6.45) is 1.13. The average Bonchev–Trinajstić information content (AvgIpc) is 3.29. The van der Waals surface area contributed by atoms with Gasteiger partial charge in [0.05, 0.1) is 5.39 Å². The van der Waals surface area contributed by atoms with Crippen molar-refractivity contribution in [3.8, 4) is 0 Å². The molecule has 0 N–H and O–H groups in total. The number of aromatic nitrogens is 3. The van der Waals surface area contributed by atoms with Gasteiger partial charge in [0.15, 0.2) is 23.9 Å². The molecule has 30 heavy (non-hydrogen) atoms. The molecule has 2 saturated heterocycles. The number of halogens is 2. The molecule has 0 saturated carbocycles. The van der Waals surface area contributed by atoms with Crippen molar-refractivity contribution < 1.29 is 19.0 Å². The van der Waals surface area contributed by atoms with E-state index >= 15 is 0 Å². The number of hydrogen-bond acceptors (Lipinski definition) is 6. The van der Waals surface area contributed by atoms with Crippen LogP contribution in [0.5, 0.6) is 0 Å². The van der Waals surface area contributed by atoms with E-state index in [0.717, 1.165) is 0 Å². The maximum absolute atomic E-state index is 13.4. The number of nitrogens with zero attached hydrogens (tertiary/aromatic N) is 3. The molecule has 7 nitrogen and oxygen atoms in total. The average molecular weight is 448 g/mol. The van der Waals surface area contributed by atoms with Crippen LogP contribution in [-0.2, 0) is 14.2 Å². The molecular weight excluding hydrogens is 429 g/mol. The fraction of sp³-hybridized carbons (Fsp3) is 0.381. The van der Waals surface area contributed by atoms with Gasteiger partial charge >= 0.3 is 0 Å². The molecule has 0 spiro atoms. The lowest BCUT2D eigenvalue weighted by atomic mass is 9.89. The Hall–Kier alpha value is -2.03. The smallest absolute Gasteiger partial charge is 0.194 e. The van der Waals surface area contributed by atoms with Gasteiger partial charge in [0.2, 0.25) is 0 Å². The lowest BCUT2D eigenvalue weighted by Crippen LogP contribution is -2.47. The Morgan fingerprint density at radius 1 is 1.10 bits per heavy atom. The zero-order valence-electron chi connectivity index (χ0n) is 16.5. The van der Waals surface area contributed by atoms with Gasteiger partial charge in [-0.25, -0.2) is 9.97 Å². The van der Waals surface area contributed by atoms with Crippen molar-refractivity contribution in [2.45, 2.75) is 50.6 Å². The molecule has 0 radical (unpaired) electrons. The number of carbonyl (C=O) groups excluding carboxylic acids is 1. The summed E-state index contributed by atoms with van der Waals surface area (Å²) in [6, 6.07) is 8.52. The van der Waals surface area contributed by atoms with E-state index in [2.05, 4.69) is 9.97 Å². The first-order valence-corrected chi connectivity index (χ1v) is 10.3. The number of Topliss-reactive ketones (excluding diaryl/α,β-unsaturated/α-hetero) is 1. The number of rotatable bonds is 3. The van der Waals surface area contributed by atoms with Crippen molar-refractivity contribution >= 4 is 40.0 Å². The SMILES string of the molecule is CC1(C)O[C@H]2[C@H](n3ccc4c(Cl)ncnc43)O[C@H](C(=O)c3ccc(Cl)cc3)[C@@]2(C)O1. The minimum atomic E-state index is -1.00. The summed E-state index contributed by atoms with van der Waals surface area (Å²) < 4.78 is 20.5. The molecule has 2 fully saturated rings. The molecule has 0 aliphatic carbocycles. The highest BCUT2D eigenvalue weighted by Crippen LogP contribution is 2.51. The molecule has 3 aromatic rings. The first-order valence-electron chi connectivity index (χ1n) is 9.50. The van der Waals surface area contributed by atoms with Gasteiger partial charge in [-0.05, 0) is 51.1 Å². The summed E-state index contributed by atoms with van der Waals surface area (Å²) >= 11 is 12.2. The zero-order chi connectivity index (χ0) is 21.3. The number of benzene rings is 1. The van der Waals surface area contributed by atoms with Crippen molar-refractivity contribution in [2.24, 2.45) is 0 Å². The molecule has 0 bridgehead atoms. The highest BCUT2D eigenvalue weighted by Gasteiger charge is 2.66. The molecule has 4 heterocycles. The summed E-state index contributed by atoms with van der Waals surface area (Å²) in [4.78, 5) is 21.8. The van der Waals surface area contributed by atoms with E-state index in [1.54, 1.807) is 30.5 Å². The predicted molar refractivity (Wildman–Crippen MR) is 111 cm³/mol. The van der Waals surface area contributed by atoms with Crippen LogP contribution in [0.3, 0.4) is 0 Å². The van der Waals surface area contributed by atoms with Gasteiger partial charge in [0, 0.05) is 16.8 Å². The van der Waals surface area contributed by atoms with Crippen molar-refractivity contribution in [3.05, 3.63) is 58.6 Å². The van der Waals surface area contributed by atoms with E-state index in [1.807, 2.05) is 31.4 Å². The zero-order valence-corrected chi connectivity index (χ0v) is 18.0. The quantitative estimate of drug-likeness (QED) is 0.436. The molecule has 0 unspecified atom stereocenters. The Morgan fingerprint density at radius 3 is 2.57 bits per heavy atom. The van der Waals surface area contributed by atoms with Crippen molar-refractivity contribution in [1.29, 1.82) is 0 Å². The third-order valence-electron chi connectivity index (χ3n) is 5.60. The fourth-order valence-corrected chi connectivity index (χ4v) is 4.69. The summed E-state index contributed by atoms with van der Waals surface area (Å²) in [6.45, 7) is 5.49. The minimum absolute atomic E-state index is 0.202. The second kappa shape index (κ2) is 6.73. The van der Waals surface area contributed by atoms with E-state index < -0.39 is 29.8 Å². The maximum Gasteiger partial charge on any atom is 0.194 e. The van der Waals surface area contributed by atoms with Crippen molar-refractivity contribution in [1.82, 2.24) is 14.5 Å². The van der Waals surface area contributed by atoms with Crippen LogP contribution in [-0.4, -0.2) is 43.9 Å². The van der Waals surface area contributed by atoms with Crippen LogP contribution in [0, 0.1) is 0 Å². The highest BCUT2D eigenvalue weighted by atomic mass is 35.5. The van der Waals surface area contributed by atoms with Gasteiger partial charge in [-0.2, -0.15) is 0 Å². The van der Waals surface area contributed by atoms with Crippen LogP contribution in [0.25, 0.3) is 11.0 Å². The highest BCUT2D eigenvalue weighted by molar-refractivity contribution is 6.33. The minimum Gasteiger partial charge on any atom is -0.341 e. The van der Waals surface area contributed by atoms with E-state index in [0.29, 0.717) is 26.8 Å². The second-order valence-corrected chi connectivity index (χ2v) is 8.92. The number of fused-ring (bicyclic) bond motifs is 2. The lowest BCUT2D eigenvalue weighted by molar-refractivity contribution is -0.203. The number of carbonyl (C=O) groups is 1. The Labute approximate surface area is 182 Å². The fourth-order valence-electron chi connectivity index (χ4n) is 4.37. The third-order valence-corrected chi connectivity index (χ3v) is 6.15. The summed E-state index contributed by atoms with van der Waals surface area (Å²) in [5.74, 6) is -1.08. The van der Waals surface area contributed by atoms with E-state index in [1.165, 1.54) is 6.33 Å². The molecule has 4 atom stereocenters. The van der Waals surface area contributed by atoms with Crippen LogP contribution < -0.4 is 0 Å². The van der Waals surface area contributed by atoms with Gasteiger partial charge in [0.25, 0.3) is 0 Å². The molecule has 5 rings (SSSR count). The van der Waals surface area contributed by atoms with Gasteiger partial charge in [-0.15, -0.1) is 0 Å². The van der Waals surface area contributed by atoms with Crippen molar-refractivity contribution in [2.75, 3.05) is 0 Å². The van der Waals surface area contributed by atoms with Crippen LogP contribution in [0.4, 0.5) is 0 Å². The molecule has 156 valence electrons. The lowest BCUT2D eigenvalue weighted by Gasteiger charge is -2.28. The molecule has 2 aliphatic rings. The normalized spacial score (nSPS) is 30.0. The Balaban J connectivity index is 1.59. The van der Waals surface area contributed by atoms with Crippen LogP contribution in [0.2, 0.25) is 10.2 Å². The van der Waals surface area contributed by atoms with Crippen LogP contribution in [0.15, 0.2) is 42.9 Å². The molecule has 1 aromatic carbocycles. The van der Waals surface area contributed by atoms with Gasteiger partial charge in [-0.3, -0.25) is 4.79 Å². The first-order chi connectivity index (χ1) is 14.2. The molecule has 2 aromatic heterocycles. The maximum atomic E-state index is 13.4. The molecule has 0 amide bonds. The van der Waals surface area contributed by atoms with Gasteiger partial charge in [0.1, 0.15) is 28.8 Å². The number of hydrogen-bond donors (Lipinski definition) is 0. The first kappa shape index (κ1) is 19.9. The van der Waals surface area contributed by atoms with E-state index in [4.69, 9.17) is 37.4 Å². The largest absolute Gasteiger partial charge is 0.341 e. The van der Waals surface area contributed by atoms with Crippen LogP contribution in [0.1, 0.15) is 37.4 Å². The number of ketones is 1. The van der Waals surface area contributed by atoms with E-state index in [9.17, 15) is 4.79 Å². The van der Waals surface area contributed by atoms with Gasteiger partial charge < -0.3 is 18.8 Å². The summed E-state index contributed by atoms with van der Waals surface area (Å²) in [7, 11) is 0. The van der Waals surface area contributed by atoms with Crippen molar-refractivity contribution in [3.63, 3.8) is 0 Å². The third kappa shape index (κ3) is 2.96. The number of ether oxygens (including phenoxy) is 3. The Bertz CT molecular complexity index is 1150. The molecule has 9 heteroatoms. The second-order valence-electron chi connectivity index (χ2n) is 8.13. The Kier molecular flexibility index (Phi) is 4.47. The van der Waals surface area contributed by atoms with Crippen LogP contribution >= 0.6 is 23.2 Å². The monoisotopic (exact) mass is 447 g/mol. The standard InChI is InChI=1S/C21H19Cl2N3O4/c1-20(2)29-16-19(26-9-8-13-17(23)24-10-25-18(13)26)28-15(21(16,3)30-20)14(27)11-4-6-12(22)7-5-11/h4-10,15-16,19H,1-3H3/t15-,16+,19-,21-/m1/s1.